The first-order valence-electron chi connectivity index (χ1n) is 8.62. The molecule has 0 saturated carbocycles. The van der Waals surface area contributed by atoms with Gasteiger partial charge in [0.05, 0.1) is 6.61 Å². The maximum absolute atomic E-state index is 12.9. The number of nitrogens with one attached hydrogen (secondary N) is 2. The number of amides is 2. The van der Waals surface area contributed by atoms with Crippen molar-refractivity contribution >= 4 is 11.8 Å². The second kappa shape index (κ2) is 8.77. The zero-order valence-electron chi connectivity index (χ0n) is 15.2. The highest BCUT2D eigenvalue weighted by Crippen LogP contribution is 2.37. The van der Waals surface area contributed by atoms with Crippen LogP contribution in [0, 0.1) is 5.41 Å². The number of ether oxygens (including phenoxy) is 1. The zero-order valence-corrected chi connectivity index (χ0v) is 15.2. The predicted octanol–water partition coefficient (Wildman–Crippen LogP) is -2.45. The van der Waals surface area contributed by atoms with E-state index in [-0.39, 0.29) is 6.42 Å². The monoisotopic (exact) mass is 382 g/mol. The van der Waals surface area contributed by atoms with Gasteiger partial charge >= 0.3 is 0 Å². The summed E-state index contributed by atoms with van der Waals surface area (Å²) in [6.45, 7) is -0.662. The number of aliphatic hydroxyl groups excluding tert-OH is 4. The highest BCUT2D eigenvalue weighted by atomic mass is 16.5. The molecule has 2 rings (SSSR count). The van der Waals surface area contributed by atoms with Crippen molar-refractivity contribution in [1.82, 2.24) is 10.6 Å². The van der Waals surface area contributed by atoms with Gasteiger partial charge in [0.1, 0.15) is 30.5 Å². The molecule has 1 fully saturated rings. The second-order valence-electron chi connectivity index (χ2n) is 6.54. The zero-order chi connectivity index (χ0) is 20.2. The average molecular weight is 382 g/mol. The molecule has 5 atom stereocenters. The van der Waals surface area contributed by atoms with Gasteiger partial charge in [-0.3, -0.25) is 9.59 Å². The van der Waals surface area contributed by atoms with E-state index in [0.29, 0.717) is 5.56 Å². The summed E-state index contributed by atoms with van der Waals surface area (Å²) in [5.41, 5.74) is -1.32. The largest absolute Gasteiger partial charge is 0.394 e. The van der Waals surface area contributed by atoms with Gasteiger partial charge in [0.2, 0.25) is 11.8 Å². The molecule has 0 aromatic heterocycles. The molecule has 9 nitrogen and oxygen atoms in total. The fourth-order valence-corrected chi connectivity index (χ4v) is 3.50. The SMILES string of the molecule is CNC(=O)C(Cc1ccccc1)(C(=O)NC)C1O[C@H](CO)[C@@H](O)[C@H](O)[C@H]1O. The van der Waals surface area contributed by atoms with Gasteiger partial charge in [0.25, 0.3) is 0 Å². The number of benzene rings is 1. The Labute approximate surface area is 157 Å². The molecule has 0 bridgehead atoms. The maximum atomic E-state index is 12.9. The Morgan fingerprint density at radius 3 is 2.04 bits per heavy atom. The maximum Gasteiger partial charge on any atom is 0.238 e. The summed E-state index contributed by atoms with van der Waals surface area (Å²) in [5, 5.41) is 45.0. The van der Waals surface area contributed by atoms with Crippen molar-refractivity contribution in [1.29, 1.82) is 0 Å². The summed E-state index contributed by atoms with van der Waals surface area (Å²) >= 11 is 0. The molecule has 1 aliphatic rings. The van der Waals surface area contributed by atoms with E-state index in [9.17, 15) is 30.0 Å². The molecule has 2 amide bonds. The lowest BCUT2D eigenvalue weighted by molar-refractivity contribution is -0.252. The molecule has 1 saturated heterocycles. The van der Waals surface area contributed by atoms with Crippen LogP contribution in [0.5, 0.6) is 0 Å². The van der Waals surface area contributed by atoms with Crippen LogP contribution >= 0.6 is 0 Å². The molecule has 1 aromatic carbocycles. The van der Waals surface area contributed by atoms with Gasteiger partial charge in [-0.05, 0) is 12.0 Å². The first-order valence-corrected chi connectivity index (χ1v) is 8.62. The molecular formula is C18H26N2O7. The van der Waals surface area contributed by atoms with E-state index >= 15 is 0 Å². The first-order chi connectivity index (χ1) is 12.8. The number of hydrogen-bond donors (Lipinski definition) is 6. The van der Waals surface area contributed by atoms with Gasteiger partial charge in [0.15, 0.2) is 5.41 Å². The van der Waals surface area contributed by atoms with Crippen LogP contribution in [0.25, 0.3) is 0 Å². The third-order valence-corrected chi connectivity index (χ3v) is 4.97. The van der Waals surface area contributed by atoms with Crippen molar-refractivity contribution in [2.24, 2.45) is 5.41 Å². The minimum absolute atomic E-state index is 0.129. The van der Waals surface area contributed by atoms with Crippen LogP contribution in [0.1, 0.15) is 5.56 Å². The van der Waals surface area contributed by atoms with Crippen LogP contribution in [-0.4, -0.2) is 83.5 Å². The van der Waals surface area contributed by atoms with Gasteiger partial charge in [-0.1, -0.05) is 30.3 Å². The molecule has 150 valence electrons. The van der Waals surface area contributed by atoms with Gasteiger partial charge in [-0.15, -0.1) is 0 Å². The van der Waals surface area contributed by atoms with Crippen molar-refractivity contribution in [3.8, 4) is 0 Å². The lowest BCUT2D eigenvalue weighted by atomic mass is 9.70. The highest BCUT2D eigenvalue weighted by molar-refractivity contribution is 6.06. The van der Waals surface area contributed by atoms with Gasteiger partial charge < -0.3 is 35.8 Å². The Bertz CT molecular complexity index is 636. The number of carbonyl (C=O) groups excluding carboxylic acids is 2. The number of hydrogen-bond acceptors (Lipinski definition) is 7. The van der Waals surface area contributed by atoms with Gasteiger partial charge in [-0.25, -0.2) is 0 Å². The number of carbonyl (C=O) groups is 2. The summed E-state index contributed by atoms with van der Waals surface area (Å²) in [7, 11) is 2.68. The molecule has 1 aliphatic heterocycles. The summed E-state index contributed by atoms with van der Waals surface area (Å²) in [4.78, 5) is 25.8. The molecule has 27 heavy (non-hydrogen) atoms. The van der Waals surface area contributed by atoms with Crippen molar-refractivity contribution < 1.29 is 34.8 Å². The highest BCUT2D eigenvalue weighted by Gasteiger charge is 2.60. The van der Waals surface area contributed by atoms with Crippen molar-refractivity contribution in [3.05, 3.63) is 35.9 Å². The molecule has 1 heterocycles. The van der Waals surface area contributed by atoms with Crippen LogP contribution in [0.15, 0.2) is 30.3 Å². The van der Waals surface area contributed by atoms with E-state index < -0.39 is 54.4 Å². The molecular weight excluding hydrogens is 356 g/mol. The Balaban J connectivity index is 2.59. The van der Waals surface area contributed by atoms with Crippen molar-refractivity contribution in [2.75, 3.05) is 20.7 Å². The normalized spacial score (nSPS) is 28.4. The minimum atomic E-state index is -1.95. The van der Waals surface area contributed by atoms with E-state index in [1.807, 2.05) is 0 Å². The van der Waals surface area contributed by atoms with E-state index in [1.165, 1.54) is 14.1 Å². The van der Waals surface area contributed by atoms with Crippen LogP contribution in [0.3, 0.4) is 0 Å². The lowest BCUT2D eigenvalue weighted by Crippen LogP contribution is -2.69. The molecule has 9 heteroatoms. The molecule has 1 unspecified atom stereocenters. The number of rotatable bonds is 6. The molecule has 6 N–H and O–H groups in total. The smallest absolute Gasteiger partial charge is 0.238 e. The fourth-order valence-electron chi connectivity index (χ4n) is 3.50. The topological polar surface area (TPSA) is 148 Å². The third-order valence-electron chi connectivity index (χ3n) is 4.97. The third kappa shape index (κ3) is 3.83. The molecule has 0 spiro atoms. The lowest BCUT2D eigenvalue weighted by Gasteiger charge is -2.47. The van der Waals surface area contributed by atoms with Gasteiger partial charge in [-0.2, -0.15) is 0 Å². The van der Waals surface area contributed by atoms with E-state index in [1.54, 1.807) is 30.3 Å². The minimum Gasteiger partial charge on any atom is -0.394 e. The van der Waals surface area contributed by atoms with Gasteiger partial charge in [0, 0.05) is 14.1 Å². The average Bonchev–Trinajstić information content (AvgIpc) is 2.70. The first kappa shape index (κ1) is 21.3. The summed E-state index contributed by atoms with van der Waals surface area (Å²) < 4.78 is 5.58. The van der Waals surface area contributed by atoms with E-state index in [0.717, 1.165) is 0 Å². The van der Waals surface area contributed by atoms with E-state index in [4.69, 9.17) is 4.74 Å². The van der Waals surface area contributed by atoms with Crippen molar-refractivity contribution in [2.45, 2.75) is 36.9 Å². The standard InChI is InChI=1S/C18H26N2O7/c1-19-16(25)18(17(26)20-2,8-10-6-4-3-5-7-10)15-14(24)13(23)12(22)11(9-21)27-15/h3-7,11-15,21-24H,8-9H2,1-2H3,(H,19,25)(H,20,26)/t11-,12-,13+,14-,15?/m1/s1. The summed E-state index contributed by atoms with van der Waals surface area (Å²) in [6.07, 6.45) is -7.90. The van der Waals surface area contributed by atoms with Crippen LogP contribution < -0.4 is 10.6 Å². The Morgan fingerprint density at radius 2 is 1.56 bits per heavy atom. The molecule has 1 aromatic rings. The van der Waals surface area contributed by atoms with Crippen LogP contribution in [0.2, 0.25) is 0 Å². The second-order valence-corrected chi connectivity index (χ2v) is 6.54. The van der Waals surface area contributed by atoms with Crippen LogP contribution in [0.4, 0.5) is 0 Å². The van der Waals surface area contributed by atoms with Crippen LogP contribution in [-0.2, 0) is 20.7 Å². The Hall–Kier alpha value is -2.04. The molecule has 0 aliphatic carbocycles. The quantitative estimate of drug-likeness (QED) is 0.299. The predicted molar refractivity (Wildman–Crippen MR) is 94.5 cm³/mol. The fraction of sp³-hybridized carbons (Fsp3) is 0.556. The number of aliphatic hydroxyl groups is 4. The van der Waals surface area contributed by atoms with Crippen molar-refractivity contribution in [3.63, 3.8) is 0 Å². The summed E-state index contributed by atoms with van der Waals surface area (Å²) in [5.74, 6) is -1.45. The molecule has 0 radical (unpaired) electrons. The summed E-state index contributed by atoms with van der Waals surface area (Å²) in [6, 6.07) is 8.68. The Kier molecular flexibility index (Phi) is 6.90. The Morgan fingerprint density at radius 1 is 1.00 bits per heavy atom. The van der Waals surface area contributed by atoms with E-state index in [2.05, 4.69) is 10.6 Å².